The zero-order chi connectivity index (χ0) is 18.4. The Balaban J connectivity index is 1.64. The van der Waals surface area contributed by atoms with Crippen LogP contribution in [-0.4, -0.2) is 60.2 Å². The van der Waals surface area contributed by atoms with Gasteiger partial charge in [-0.15, -0.1) is 0 Å². The van der Waals surface area contributed by atoms with Crippen molar-refractivity contribution < 1.29 is 4.74 Å². The number of hydrogen-bond donors (Lipinski definition) is 3. The van der Waals surface area contributed by atoms with E-state index < -0.39 is 0 Å². The zero-order valence-corrected chi connectivity index (χ0v) is 15.7. The summed E-state index contributed by atoms with van der Waals surface area (Å²) in [7, 11) is 3.48. The lowest BCUT2D eigenvalue weighted by atomic mass is 10.2. The van der Waals surface area contributed by atoms with E-state index in [9.17, 15) is 0 Å². The molecule has 8 nitrogen and oxygen atoms in total. The molecule has 1 saturated heterocycles. The fraction of sp³-hybridized carbons (Fsp3) is 0.500. The number of anilines is 3. The third-order valence-corrected chi connectivity index (χ3v) is 4.35. The van der Waals surface area contributed by atoms with E-state index in [0.29, 0.717) is 18.4 Å². The smallest absolute Gasteiger partial charge is 0.229 e. The summed E-state index contributed by atoms with van der Waals surface area (Å²) in [4.78, 5) is 15.7. The van der Waals surface area contributed by atoms with Gasteiger partial charge in [0.15, 0.2) is 0 Å². The van der Waals surface area contributed by atoms with Crippen LogP contribution in [-0.2, 0) is 6.54 Å². The molecule has 0 spiro atoms. The van der Waals surface area contributed by atoms with Crippen LogP contribution in [0.4, 0.5) is 17.5 Å². The molecular weight excluding hydrogens is 330 g/mol. The molecule has 3 N–H and O–H groups in total. The van der Waals surface area contributed by atoms with Gasteiger partial charge in [0.2, 0.25) is 11.8 Å². The fourth-order valence-electron chi connectivity index (χ4n) is 2.82. The van der Waals surface area contributed by atoms with Crippen LogP contribution in [0.2, 0.25) is 0 Å². The van der Waals surface area contributed by atoms with Crippen molar-refractivity contribution in [3.63, 3.8) is 0 Å². The minimum atomic E-state index is 0.540. The van der Waals surface area contributed by atoms with E-state index in [-0.39, 0.29) is 0 Å². The maximum atomic E-state index is 5.39. The molecule has 0 radical (unpaired) electrons. The van der Waals surface area contributed by atoms with Gasteiger partial charge in [0.1, 0.15) is 5.82 Å². The van der Waals surface area contributed by atoms with Crippen molar-refractivity contribution >= 4 is 17.5 Å². The molecule has 0 amide bonds. The minimum Gasteiger partial charge on any atom is -0.481 e. The lowest BCUT2D eigenvalue weighted by molar-refractivity contribution is 0.182. The van der Waals surface area contributed by atoms with Crippen molar-refractivity contribution in [3.8, 4) is 5.88 Å². The summed E-state index contributed by atoms with van der Waals surface area (Å²) in [5.41, 5.74) is 2.72. The Morgan fingerprint density at radius 2 is 2.08 bits per heavy atom. The Morgan fingerprint density at radius 1 is 1.23 bits per heavy atom. The molecule has 26 heavy (non-hydrogen) atoms. The van der Waals surface area contributed by atoms with Crippen LogP contribution >= 0.6 is 0 Å². The Hall–Kier alpha value is -2.45. The molecule has 1 aliphatic heterocycles. The van der Waals surface area contributed by atoms with Crippen LogP contribution < -0.4 is 20.7 Å². The standard InChI is InChI=1S/C18H27N7O/c1-13-9-16(19-2)24-18(22-13)23-15-10-14(17(26-3)21-12-15)11-20-5-8-25-6-4-7-25/h9-10,12,20H,4-8,11H2,1-3H3,(H2,19,22,23,24). The largest absolute Gasteiger partial charge is 0.481 e. The molecule has 1 aliphatic rings. The number of nitrogens with one attached hydrogen (secondary N) is 3. The van der Waals surface area contributed by atoms with E-state index in [1.807, 2.05) is 26.1 Å². The molecule has 3 rings (SSSR count). The number of rotatable bonds is 9. The van der Waals surface area contributed by atoms with Crippen molar-refractivity contribution in [1.82, 2.24) is 25.2 Å². The predicted molar refractivity (Wildman–Crippen MR) is 103 cm³/mol. The molecule has 3 heterocycles. The molecule has 0 aromatic carbocycles. The quantitative estimate of drug-likeness (QED) is 0.585. The number of hydrogen-bond acceptors (Lipinski definition) is 8. The van der Waals surface area contributed by atoms with Crippen LogP contribution in [0.25, 0.3) is 0 Å². The highest BCUT2D eigenvalue weighted by atomic mass is 16.5. The third-order valence-electron chi connectivity index (χ3n) is 4.35. The summed E-state index contributed by atoms with van der Waals surface area (Å²) in [5.74, 6) is 1.94. The van der Waals surface area contributed by atoms with Gasteiger partial charge in [-0.3, -0.25) is 0 Å². The van der Waals surface area contributed by atoms with E-state index in [4.69, 9.17) is 4.74 Å². The highest BCUT2D eigenvalue weighted by Gasteiger charge is 2.13. The Morgan fingerprint density at radius 3 is 2.77 bits per heavy atom. The lowest BCUT2D eigenvalue weighted by Gasteiger charge is -2.30. The molecule has 0 bridgehead atoms. The number of aromatic nitrogens is 3. The normalized spacial score (nSPS) is 14.0. The maximum Gasteiger partial charge on any atom is 0.229 e. The summed E-state index contributed by atoms with van der Waals surface area (Å²) in [5, 5.41) is 9.72. The zero-order valence-electron chi connectivity index (χ0n) is 15.7. The Kier molecular flexibility index (Phi) is 6.19. The van der Waals surface area contributed by atoms with Crippen molar-refractivity contribution in [3.05, 3.63) is 29.6 Å². The molecule has 0 unspecified atom stereocenters. The molecule has 1 fully saturated rings. The first kappa shape index (κ1) is 18.3. The molecule has 2 aromatic rings. The van der Waals surface area contributed by atoms with Crippen LogP contribution in [0, 0.1) is 6.92 Å². The second-order valence-electron chi connectivity index (χ2n) is 6.36. The first-order valence-corrected chi connectivity index (χ1v) is 8.94. The average Bonchev–Trinajstić information content (AvgIpc) is 2.59. The monoisotopic (exact) mass is 357 g/mol. The molecule has 8 heteroatoms. The summed E-state index contributed by atoms with van der Waals surface area (Å²) in [6.45, 7) is 7.11. The number of nitrogens with zero attached hydrogens (tertiary/aromatic N) is 4. The van der Waals surface area contributed by atoms with Crippen LogP contribution in [0.1, 0.15) is 17.7 Å². The minimum absolute atomic E-state index is 0.540. The van der Waals surface area contributed by atoms with E-state index in [0.717, 1.165) is 35.9 Å². The van der Waals surface area contributed by atoms with Gasteiger partial charge in [-0.1, -0.05) is 0 Å². The fourth-order valence-corrected chi connectivity index (χ4v) is 2.82. The van der Waals surface area contributed by atoms with Gasteiger partial charge in [0, 0.05) is 44.0 Å². The number of methoxy groups -OCH3 is 1. The first-order valence-electron chi connectivity index (χ1n) is 8.94. The van der Waals surface area contributed by atoms with E-state index in [1.54, 1.807) is 13.3 Å². The highest BCUT2D eigenvalue weighted by molar-refractivity contribution is 5.56. The van der Waals surface area contributed by atoms with Crippen LogP contribution in [0.5, 0.6) is 5.88 Å². The molecule has 0 saturated carbocycles. The van der Waals surface area contributed by atoms with Crippen molar-refractivity contribution in [2.75, 3.05) is 51.0 Å². The summed E-state index contributed by atoms with van der Waals surface area (Å²) in [6.07, 6.45) is 3.05. The second-order valence-corrected chi connectivity index (χ2v) is 6.36. The van der Waals surface area contributed by atoms with Gasteiger partial charge < -0.3 is 25.6 Å². The van der Waals surface area contributed by atoms with Gasteiger partial charge in [-0.25, -0.2) is 9.97 Å². The molecular formula is C18H27N7O. The van der Waals surface area contributed by atoms with Crippen molar-refractivity contribution in [2.45, 2.75) is 19.9 Å². The number of aryl methyl sites for hydroxylation is 1. The number of pyridine rings is 1. The Bertz CT molecular complexity index is 733. The van der Waals surface area contributed by atoms with E-state index in [2.05, 4.69) is 35.8 Å². The maximum absolute atomic E-state index is 5.39. The summed E-state index contributed by atoms with van der Waals surface area (Å²) in [6, 6.07) is 3.91. The highest BCUT2D eigenvalue weighted by Crippen LogP contribution is 2.22. The summed E-state index contributed by atoms with van der Waals surface area (Å²) >= 11 is 0. The van der Waals surface area contributed by atoms with Gasteiger partial charge in [0.25, 0.3) is 0 Å². The average molecular weight is 357 g/mol. The second kappa shape index (κ2) is 8.77. The van der Waals surface area contributed by atoms with Crippen molar-refractivity contribution in [2.24, 2.45) is 0 Å². The molecule has 2 aromatic heterocycles. The number of likely N-dealkylation sites (tertiary alicyclic amines) is 1. The van der Waals surface area contributed by atoms with Crippen LogP contribution in [0.3, 0.4) is 0 Å². The SMILES string of the molecule is CNc1cc(C)nc(Nc2cnc(OC)c(CNCCN3CCC3)c2)n1. The van der Waals surface area contributed by atoms with Crippen molar-refractivity contribution in [1.29, 1.82) is 0 Å². The predicted octanol–water partition coefficient (Wildman–Crippen LogP) is 1.77. The molecule has 0 atom stereocenters. The van der Waals surface area contributed by atoms with Gasteiger partial charge in [0.05, 0.1) is 19.0 Å². The number of ether oxygens (including phenoxy) is 1. The third kappa shape index (κ3) is 4.80. The van der Waals surface area contributed by atoms with E-state index in [1.165, 1.54) is 19.5 Å². The van der Waals surface area contributed by atoms with Gasteiger partial charge >= 0.3 is 0 Å². The summed E-state index contributed by atoms with van der Waals surface area (Å²) < 4.78 is 5.39. The van der Waals surface area contributed by atoms with Gasteiger partial charge in [-0.05, 0) is 32.5 Å². The van der Waals surface area contributed by atoms with Gasteiger partial charge in [-0.2, -0.15) is 4.98 Å². The topological polar surface area (TPSA) is 87.2 Å². The van der Waals surface area contributed by atoms with E-state index >= 15 is 0 Å². The lowest BCUT2D eigenvalue weighted by Crippen LogP contribution is -2.41. The Labute approximate surface area is 154 Å². The molecule has 0 aliphatic carbocycles. The molecule has 140 valence electrons. The first-order chi connectivity index (χ1) is 12.7. The van der Waals surface area contributed by atoms with Crippen LogP contribution in [0.15, 0.2) is 18.3 Å².